The lowest BCUT2D eigenvalue weighted by Crippen LogP contribution is -2.41. The van der Waals surface area contributed by atoms with Gasteiger partial charge in [-0.05, 0) is 33.6 Å². The van der Waals surface area contributed by atoms with Crippen LogP contribution in [0.25, 0.3) is 0 Å². The maximum Gasteiger partial charge on any atom is 0.122 e. The van der Waals surface area contributed by atoms with Gasteiger partial charge in [0, 0.05) is 36.2 Å². The standard InChI is InChI=1S/C13H22N2OS/c1-13(2,3)15-9-10-5-4-7-16-11(10)12-14-6-8-17-12/h6,8,10-11,15H,4-5,7,9H2,1-3H3. The Morgan fingerprint density at radius 2 is 2.35 bits per heavy atom. The van der Waals surface area contributed by atoms with E-state index < -0.39 is 0 Å². The quantitative estimate of drug-likeness (QED) is 0.900. The Bertz CT molecular complexity index is 332. The first-order chi connectivity index (χ1) is 8.06. The van der Waals surface area contributed by atoms with Crippen LogP contribution in [-0.2, 0) is 4.74 Å². The van der Waals surface area contributed by atoms with Gasteiger partial charge < -0.3 is 10.1 Å². The topological polar surface area (TPSA) is 34.1 Å². The zero-order chi connectivity index (χ0) is 12.3. The molecule has 1 fully saturated rings. The minimum atomic E-state index is 0.172. The Morgan fingerprint density at radius 3 is 3.00 bits per heavy atom. The third kappa shape index (κ3) is 3.76. The molecule has 2 rings (SSSR count). The van der Waals surface area contributed by atoms with Crippen molar-refractivity contribution in [1.29, 1.82) is 0 Å². The Labute approximate surface area is 108 Å². The monoisotopic (exact) mass is 254 g/mol. The highest BCUT2D eigenvalue weighted by molar-refractivity contribution is 7.09. The Balaban J connectivity index is 1.98. The van der Waals surface area contributed by atoms with E-state index in [0.29, 0.717) is 5.92 Å². The average molecular weight is 254 g/mol. The van der Waals surface area contributed by atoms with Gasteiger partial charge in [-0.2, -0.15) is 0 Å². The van der Waals surface area contributed by atoms with Gasteiger partial charge in [-0.1, -0.05) is 0 Å². The van der Waals surface area contributed by atoms with Crippen LogP contribution >= 0.6 is 11.3 Å². The molecule has 1 aliphatic rings. The molecular weight excluding hydrogens is 232 g/mol. The summed E-state index contributed by atoms with van der Waals surface area (Å²) in [6, 6.07) is 0. The molecule has 96 valence electrons. The van der Waals surface area contributed by atoms with Gasteiger partial charge in [0.05, 0.1) is 0 Å². The normalized spacial score (nSPS) is 26.1. The van der Waals surface area contributed by atoms with Crippen LogP contribution in [0.15, 0.2) is 11.6 Å². The van der Waals surface area contributed by atoms with Crippen LogP contribution in [0.5, 0.6) is 0 Å². The number of nitrogens with one attached hydrogen (secondary N) is 1. The molecule has 3 nitrogen and oxygen atoms in total. The van der Waals surface area contributed by atoms with E-state index >= 15 is 0 Å². The maximum absolute atomic E-state index is 5.91. The summed E-state index contributed by atoms with van der Waals surface area (Å²) in [7, 11) is 0. The zero-order valence-corrected chi connectivity index (χ0v) is 11.7. The molecule has 1 aromatic rings. The summed E-state index contributed by atoms with van der Waals surface area (Å²) < 4.78 is 5.91. The van der Waals surface area contributed by atoms with E-state index in [9.17, 15) is 0 Å². The van der Waals surface area contributed by atoms with E-state index in [2.05, 4.69) is 31.1 Å². The molecule has 0 radical (unpaired) electrons. The molecule has 1 N–H and O–H groups in total. The van der Waals surface area contributed by atoms with Gasteiger partial charge >= 0.3 is 0 Å². The zero-order valence-electron chi connectivity index (χ0n) is 10.9. The van der Waals surface area contributed by atoms with E-state index in [1.807, 2.05) is 11.6 Å². The molecule has 0 bridgehead atoms. The summed E-state index contributed by atoms with van der Waals surface area (Å²) in [5.41, 5.74) is 0.172. The fourth-order valence-corrected chi connectivity index (χ4v) is 2.92. The summed E-state index contributed by atoms with van der Waals surface area (Å²) in [6.45, 7) is 8.49. The number of hydrogen-bond acceptors (Lipinski definition) is 4. The SMILES string of the molecule is CC(C)(C)NCC1CCCOC1c1nccs1. The predicted molar refractivity (Wildman–Crippen MR) is 71.3 cm³/mol. The molecule has 1 aliphatic heterocycles. The van der Waals surface area contributed by atoms with E-state index in [4.69, 9.17) is 4.74 Å². The van der Waals surface area contributed by atoms with Gasteiger partial charge in [0.15, 0.2) is 0 Å². The van der Waals surface area contributed by atoms with Crippen LogP contribution in [0, 0.1) is 5.92 Å². The van der Waals surface area contributed by atoms with Crippen molar-refractivity contribution in [2.24, 2.45) is 5.92 Å². The van der Waals surface area contributed by atoms with Crippen molar-refractivity contribution in [2.75, 3.05) is 13.2 Å². The Hall–Kier alpha value is -0.450. The van der Waals surface area contributed by atoms with Gasteiger partial charge in [-0.3, -0.25) is 0 Å². The Morgan fingerprint density at radius 1 is 1.53 bits per heavy atom. The third-order valence-corrected chi connectivity index (χ3v) is 3.87. The van der Waals surface area contributed by atoms with Gasteiger partial charge in [-0.25, -0.2) is 4.98 Å². The van der Waals surface area contributed by atoms with E-state index in [0.717, 1.165) is 18.2 Å². The van der Waals surface area contributed by atoms with Crippen LogP contribution in [0.2, 0.25) is 0 Å². The second-order valence-electron chi connectivity index (χ2n) is 5.69. The summed E-state index contributed by atoms with van der Waals surface area (Å²) in [6.07, 6.45) is 4.45. The molecule has 0 aliphatic carbocycles. The second kappa shape index (κ2) is 5.46. The first kappa shape index (κ1) is 13.0. The predicted octanol–water partition coefficient (Wildman–Crippen LogP) is 3.00. The van der Waals surface area contributed by atoms with Crippen molar-refractivity contribution in [2.45, 2.75) is 45.3 Å². The van der Waals surface area contributed by atoms with Crippen LogP contribution in [0.1, 0.15) is 44.7 Å². The smallest absolute Gasteiger partial charge is 0.122 e. The largest absolute Gasteiger partial charge is 0.371 e. The minimum Gasteiger partial charge on any atom is -0.371 e. The molecule has 0 amide bonds. The second-order valence-corrected chi connectivity index (χ2v) is 6.62. The maximum atomic E-state index is 5.91. The van der Waals surface area contributed by atoms with Crippen molar-refractivity contribution in [3.63, 3.8) is 0 Å². The van der Waals surface area contributed by atoms with Gasteiger partial charge in [0.25, 0.3) is 0 Å². The molecular formula is C13H22N2OS. The van der Waals surface area contributed by atoms with Gasteiger partial charge in [-0.15, -0.1) is 11.3 Å². The fourth-order valence-electron chi connectivity index (χ4n) is 2.14. The minimum absolute atomic E-state index is 0.172. The summed E-state index contributed by atoms with van der Waals surface area (Å²) in [5.74, 6) is 0.550. The van der Waals surface area contributed by atoms with Crippen molar-refractivity contribution < 1.29 is 4.74 Å². The van der Waals surface area contributed by atoms with E-state index in [1.165, 1.54) is 12.8 Å². The third-order valence-electron chi connectivity index (χ3n) is 3.03. The number of rotatable bonds is 3. The molecule has 2 heterocycles. The Kier molecular flexibility index (Phi) is 4.17. The lowest BCUT2D eigenvalue weighted by Gasteiger charge is -2.33. The molecule has 0 spiro atoms. The highest BCUT2D eigenvalue weighted by Crippen LogP contribution is 2.34. The van der Waals surface area contributed by atoms with Crippen molar-refractivity contribution in [3.05, 3.63) is 16.6 Å². The van der Waals surface area contributed by atoms with Crippen LogP contribution < -0.4 is 5.32 Å². The fraction of sp³-hybridized carbons (Fsp3) is 0.769. The molecule has 17 heavy (non-hydrogen) atoms. The molecule has 1 saturated heterocycles. The van der Waals surface area contributed by atoms with Gasteiger partial charge in [0.2, 0.25) is 0 Å². The van der Waals surface area contributed by atoms with Crippen LogP contribution in [0.4, 0.5) is 0 Å². The molecule has 2 unspecified atom stereocenters. The van der Waals surface area contributed by atoms with Crippen molar-refractivity contribution in [1.82, 2.24) is 10.3 Å². The first-order valence-corrected chi connectivity index (χ1v) is 7.20. The summed E-state index contributed by atoms with van der Waals surface area (Å²) in [4.78, 5) is 4.40. The molecule has 0 saturated carbocycles. The van der Waals surface area contributed by atoms with E-state index in [-0.39, 0.29) is 11.6 Å². The molecule has 2 atom stereocenters. The number of ether oxygens (including phenoxy) is 1. The highest BCUT2D eigenvalue weighted by atomic mass is 32.1. The van der Waals surface area contributed by atoms with E-state index in [1.54, 1.807) is 11.3 Å². The lowest BCUT2D eigenvalue weighted by molar-refractivity contribution is -0.0293. The molecule has 1 aromatic heterocycles. The number of aromatic nitrogens is 1. The highest BCUT2D eigenvalue weighted by Gasteiger charge is 2.29. The van der Waals surface area contributed by atoms with Crippen molar-refractivity contribution in [3.8, 4) is 0 Å². The first-order valence-electron chi connectivity index (χ1n) is 6.32. The summed E-state index contributed by atoms with van der Waals surface area (Å²) in [5, 5.41) is 6.74. The van der Waals surface area contributed by atoms with Crippen LogP contribution in [0.3, 0.4) is 0 Å². The number of nitrogens with zero attached hydrogens (tertiary/aromatic N) is 1. The lowest BCUT2D eigenvalue weighted by atomic mass is 9.93. The van der Waals surface area contributed by atoms with Gasteiger partial charge in [0.1, 0.15) is 11.1 Å². The average Bonchev–Trinajstić information content (AvgIpc) is 2.79. The van der Waals surface area contributed by atoms with Crippen LogP contribution in [-0.4, -0.2) is 23.7 Å². The number of hydrogen-bond donors (Lipinski definition) is 1. The number of thiazole rings is 1. The molecule has 4 heteroatoms. The summed E-state index contributed by atoms with van der Waals surface area (Å²) >= 11 is 1.70. The van der Waals surface area contributed by atoms with Crippen molar-refractivity contribution >= 4 is 11.3 Å². The molecule has 0 aromatic carbocycles.